The van der Waals surface area contributed by atoms with Gasteiger partial charge in [-0.15, -0.1) is 0 Å². The van der Waals surface area contributed by atoms with E-state index in [0.29, 0.717) is 31.2 Å². The average molecular weight is 489 g/mol. The maximum atomic E-state index is 13.7. The van der Waals surface area contributed by atoms with Crippen LogP contribution in [0.15, 0.2) is 43.0 Å². The number of fused-ring (bicyclic) bond motifs is 1. The summed E-state index contributed by atoms with van der Waals surface area (Å²) in [7, 11) is 0. The Hall–Kier alpha value is -3.54. The Bertz CT molecular complexity index is 1280. The number of carbonyl (C=O) groups excluding carboxylic acids is 1. The van der Waals surface area contributed by atoms with Gasteiger partial charge in [-0.1, -0.05) is 0 Å². The maximum Gasteiger partial charge on any atom is 0.266 e. The molecule has 182 valence electrons. The molecule has 2 aliphatic heterocycles. The Kier molecular flexibility index (Phi) is 5.02. The van der Waals surface area contributed by atoms with Crippen LogP contribution in [0.4, 0.5) is 17.6 Å². The van der Waals surface area contributed by atoms with Crippen molar-refractivity contribution in [2.45, 2.75) is 56.1 Å². The summed E-state index contributed by atoms with van der Waals surface area (Å²) < 4.78 is 66.3. The first kappa shape index (κ1) is 22.0. The molecule has 4 heterocycles. The smallest absolute Gasteiger partial charge is 0.266 e. The average Bonchev–Trinajstić information content (AvgIpc) is 3.49. The molecule has 3 aliphatic rings. The van der Waals surface area contributed by atoms with Crippen molar-refractivity contribution in [2.75, 3.05) is 0 Å². The molecule has 1 spiro atoms. The number of alkyl halides is 2. The zero-order valence-corrected chi connectivity index (χ0v) is 18.2. The molecule has 1 aromatic carbocycles. The van der Waals surface area contributed by atoms with Crippen LogP contribution in [0.3, 0.4) is 0 Å². The van der Waals surface area contributed by atoms with Crippen molar-refractivity contribution < 1.29 is 31.8 Å². The highest BCUT2D eigenvalue weighted by Gasteiger charge is 2.63. The minimum Gasteiger partial charge on any atom is -0.474 e. The summed E-state index contributed by atoms with van der Waals surface area (Å²) in [6, 6.07) is 4.32. The molecule has 2 saturated heterocycles. The zero-order chi connectivity index (χ0) is 24.3. The normalized spacial score (nSPS) is 27.5. The van der Waals surface area contributed by atoms with E-state index in [0.717, 1.165) is 12.3 Å². The largest absolute Gasteiger partial charge is 0.474 e. The molecule has 12 heteroatoms. The number of nitrogens with zero attached hydrogens (tertiary/aromatic N) is 5. The number of hydrogen-bond donors (Lipinski definition) is 0. The Labute approximate surface area is 196 Å². The monoisotopic (exact) mass is 489 g/mol. The molecule has 35 heavy (non-hydrogen) atoms. The maximum absolute atomic E-state index is 13.7. The molecule has 0 radical (unpaired) electrons. The molecule has 2 aromatic heterocycles. The first-order valence-corrected chi connectivity index (χ1v) is 11.1. The third-order valence-corrected chi connectivity index (χ3v) is 6.71. The van der Waals surface area contributed by atoms with E-state index in [9.17, 15) is 22.4 Å². The number of aromatic nitrogens is 4. The van der Waals surface area contributed by atoms with Crippen LogP contribution in [0.2, 0.25) is 0 Å². The fourth-order valence-corrected chi connectivity index (χ4v) is 5.10. The molecule has 2 atom stereocenters. The second-order valence-corrected chi connectivity index (χ2v) is 8.96. The summed E-state index contributed by atoms with van der Waals surface area (Å²) in [4.78, 5) is 23.0. The van der Waals surface area contributed by atoms with Gasteiger partial charge in [0, 0.05) is 31.2 Å². The second-order valence-electron chi connectivity index (χ2n) is 8.96. The predicted molar refractivity (Wildman–Crippen MR) is 111 cm³/mol. The van der Waals surface area contributed by atoms with Crippen molar-refractivity contribution in [2.24, 2.45) is 0 Å². The van der Waals surface area contributed by atoms with Crippen molar-refractivity contribution in [1.82, 2.24) is 24.6 Å². The standard InChI is InChI=1S/C23H19F4N5O3/c24-14-3-12(4-15(25)5-14)17-1-2-20-32(17)22(33)23(35-20)7-16(8-23)34-19-6-18(28-11-29-19)31-10-13(9-30-31)21(26)27/h3-6,9-11,16-17,20-21H,1-2,7-8H2/t16?,17-,20+,23?/m0/s1. The number of amides is 1. The summed E-state index contributed by atoms with van der Waals surface area (Å²) in [5.74, 6) is -1.12. The number of hydrogen-bond acceptors (Lipinski definition) is 6. The van der Waals surface area contributed by atoms with Gasteiger partial charge in [0.15, 0.2) is 11.4 Å². The molecular weight excluding hydrogens is 470 g/mol. The predicted octanol–water partition coefficient (Wildman–Crippen LogP) is 3.88. The number of benzene rings is 1. The minimum absolute atomic E-state index is 0.211. The van der Waals surface area contributed by atoms with E-state index < -0.39 is 35.9 Å². The van der Waals surface area contributed by atoms with E-state index in [1.807, 2.05) is 0 Å². The summed E-state index contributed by atoms with van der Waals surface area (Å²) in [6.07, 6.45) is 1.72. The third-order valence-electron chi connectivity index (χ3n) is 6.71. The number of rotatable bonds is 5. The van der Waals surface area contributed by atoms with E-state index in [2.05, 4.69) is 15.1 Å². The van der Waals surface area contributed by atoms with E-state index in [1.54, 1.807) is 4.90 Å². The Morgan fingerprint density at radius 2 is 1.86 bits per heavy atom. The van der Waals surface area contributed by atoms with Gasteiger partial charge in [-0.05, 0) is 30.5 Å². The van der Waals surface area contributed by atoms with Crippen molar-refractivity contribution in [3.8, 4) is 11.7 Å². The lowest BCUT2D eigenvalue weighted by molar-refractivity contribution is -0.162. The molecule has 3 aromatic rings. The van der Waals surface area contributed by atoms with Gasteiger partial charge in [-0.25, -0.2) is 32.2 Å². The second kappa shape index (κ2) is 8.01. The molecule has 6 rings (SSSR count). The van der Waals surface area contributed by atoms with Crippen LogP contribution >= 0.6 is 0 Å². The molecule has 8 nitrogen and oxygen atoms in total. The lowest BCUT2D eigenvalue weighted by Gasteiger charge is -2.42. The van der Waals surface area contributed by atoms with Gasteiger partial charge in [0.05, 0.1) is 17.8 Å². The Morgan fingerprint density at radius 3 is 2.57 bits per heavy atom. The van der Waals surface area contributed by atoms with E-state index in [4.69, 9.17) is 9.47 Å². The molecule has 3 fully saturated rings. The minimum atomic E-state index is -2.65. The van der Waals surface area contributed by atoms with Crippen LogP contribution in [-0.4, -0.2) is 48.5 Å². The molecule has 1 aliphatic carbocycles. The van der Waals surface area contributed by atoms with Crippen LogP contribution in [-0.2, 0) is 9.53 Å². The van der Waals surface area contributed by atoms with Gasteiger partial charge in [0.2, 0.25) is 5.88 Å². The molecule has 1 amide bonds. The van der Waals surface area contributed by atoms with Gasteiger partial charge >= 0.3 is 0 Å². The van der Waals surface area contributed by atoms with E-state index >= 15 is 0 Å². The van der Waals surface area contributed by atoms with Gasteiger partial charge in [0.25, 0.3) is 12.3 Å². The lowest BCUT2D eigenvalue weighted by Crippen LogP contribution is -2.56. The number of ether oxygens (including phenoxy) is 2. The first-order chi connectivity index (χ1) is 16.8. The summed E-state index contributed by atoms with van der Waals surface area (Å²) in [5, 5.41) is 3.88. The highest BCUT2D eigenvalue weighted by Crippen LogP contribution is 2.52. The number of halogens is 4. The summed E-state index contributed by atoms with van der Waals surface area (Å²) >= 11 is 0. The molecule has 0 N–H and O–H groups in total. The lowest BCUT2D eigenvalue weighted by atomic mass is 9.76. The van der Waals surface area contributed by atoms with Crippen LogP contribution in [0.25, 0.3) is 5.82 Å². The van der Waals surface area contributed by atoms with Gasteiger partial charge in [-0.2, -0.15) is 5.10 Å². The summed E-state index contributed by atoms with van der Waals surface area (Å²) in [5.41, 5.74) is -0.860. The summed E-state index contributed by atoms with van der Waals surface area (Å²) in [6.45, 7) is 0. The van der Waals surface area contributed by atoms with Crippen LogP contribution in [0.5, 0.6) is 5.88 Å². The Morgan fingerprint density at radius 1 is 1.09 bits per heavy atom. The molecule has 0 unspecified atom stereocenters. The van der Waals surface area contributed by atoms with Crippen LogP contribution < -0.4 is 4.74 Å². The van der Waals surface area contributed by atoms with Gasteiger partial charge < -0.3 is 14.4 Å². The fraction of sp³-hybridized carbons (Fsp3) is 0.391. The highest BCUT2D eigenvalue weighted by molar-refractivity contribution is 5.89. The van der Waals surface area contributed by atoms with Crippen LogP contribution in [0.1, 0.15) is 49.3 Å². The fourth-order valence-electron chi connectivity index (χ4n) is 5.10. The highest BCUT2D eigenvalue weighted by atomic mass is 19.3. The first-order valence-electron chi connectivity index (χ1n) is 11.1. The van der Waals surface area contributed by atoms with Crippen molar-refractivity contribution in [1.29, 1.82) is 0 Å². The van der Waals surface area contributed by atoms with Gasteiger partial charge in [-0.3, -0.25) is 4.79 Å². The third kappa shape index (κ3) is 3.72. The molecular formula is C23H19F4N5O3. The number of carbonyl (C=O) groups is 1. The SMILES string of the molecule is O=C1N2[C@@H](CC[C@H]2c2cc(F)cc(F)c2)OC12CC(Oc1cc(-n3cc(C(F)F)cn3)ncn1)C2. The Balaban J connectivity index is 1.13. The van der Waals surface area contributed by atoms with Gasteiger partial charge in [0.1, 0.15) is 30.3 Å². The zero-order valence-electron chi connectivity index (χ0n) is 18.2. The quantitative estimate of drug-likeness (QED) is 0.506. The van der Waals surface area contributed by atoms with E-state index in [-0.39, 0.29) is 29.3 Å². The topological polar surface area (TPSA) is 82.4 Å². The van der Waals surface area contributed by atoms with E-state index in [1.165, 1.54) is 35.4 Å². The van der Waals surface area contributed by atoms with Crippen LogP contribution in [0, 0.1) is 11.6 Å². The molecule has 0 bridgehead atoms. The van der Waals surface area contributed by atoms with Crippen molar-refractivity contribution in [3.05, 3.63) is 65.7 Å². The van der Waals surface area contributed by atoms with Crippen molar-refractivity contribution >= 4 is 5.91 Å². The molecule has 1 saturated carbocycles. The van der Waals surface area contributed by atoms with Crippen molar-refractivity contribution in [3.63, 3.8) is 0 Å².